The van der Waals surface area contributed by atoms with Crippen molar-refractivity contribution in [1.82, 2.24) is 0 Å². The Kier molecular flexibility index (Phi) is 8.00. The van der Waals surface area contributed by atoms with Crippen LogP contribution in [-0.4, -0.2) is 18.3 Å². The molecule has 0 amide bonds. The minimum atomic E-state index is -0.470. The van der Waals surface area contributed by atoms with Gasteiger partial charge in [0.25, 0.3) is 0 Å². The molecule has 0 aliphatic rings. The number of aliphatic hydroxyl groups excluding tert-OH is 1. The number of methoxy groups -OCH3 is 1. The fourth-order valence-electron chi connectivity index (χ4n) is 1.95. The summed E-state index contributed by atoms with van der Waals surface area (Å²) < 4.78 is 5.15. The number of nitrogens with two attached hydrogens (primary N) is 1. The van der Waals surface area contributed by atoms with Crippen LogP contribution in [-0.2, 0) is 0 Å². The third-order valence-electron chi connectivity index (χ3n) is 3.10. The Balaban J connectivity index is 0.00000289. The lowest BCUT2D eigenvalue weighted by Crippen LogP contribution is -2.26. The number of aryl methyl sites for hydroxylation is 1. The smallest absolute Gasteiger partial charge is 0.119 e. The summed E-state index contributed by atoms with van der Waals surface area (Å²) in [5.74, 6) is 0.821. The molecule has 2 atom stereocenters. The number of aliphatic hydroxyl groups is 1. The van der Waals surface area contributed by atoms with Crippen LogP contribution in [0.1, 0.15) is 43.4 Å². The Morgan fingerprint density at radius 2 is 2.06 bits per heavy atom. The van der Waals surface area contributed by atoms with Gasteiger partial charge in [0.2, 0.25) is 0 Å². The number of halogens is 1. The molecule has 0 heterocycles. The van der Waals surface area contributed by atoms with Gasteiger partial charge in [0, 0.05) is 0 Å². The molecule has 0 aliphatic carbocycles. The topological polar surface area (TPSA) is 55.5 Å². The van der Waals surface area contributed by atoms with E-state index in [-0.39, 0.29) is 18.4 Å². The molecule has 1 rings (SSSR count). The van der Waals surface area contributed by atoms with E-state index in [1.807, 2.05) is 25.1 Å². The van der Waals surface area contributed by atoms with Crippen molar-refractivity contribution in [3.05, 3.63) is 29.3 Å². The van der Waals surface area contributed by atoms with Crippen molar-refractivity contribution < 1.29 is 9.84 Å². The van der Waals surface area contributed by atoms with Crippen LogP contribution in [0.4, 0.5) is 0 Å². The summed E-state index contributed by atoms with van der Waals surface area (Å²) in [4.78, 5) is 0. The van der Waals surface area contributed by atoms with Gasteiger partial charge < -0.3 is 15.6 Å². The van der Waals surface area contributed by atoms with Crippen LogP contribution < -0.4 is 10.5 Å². The van der Waals surface area contributed by atoms with Gasteiger partial charge in [-0.25, -0.2) is 0 Å². The van der Waals surface area contributed by atoms with Crippen molar-refractivity contribution in [1.29, 1.82) is 0 Å². The van der Waals surface area contributed by atoms with Crippen molar-refractivity contribution in [2.45, 2.75) is 45.3 Å². The van der Waals surface area contributed by atoms with Gasteiger partial charge in [-0.05, 0) is 36.6 Å². The molecule has 0 aliphatic heterocycles. The second kappa shape index (κ2) is 8.35. The molecule has 0 aromatic heterocycles. The molecule has 1 aromatic rings. The second-order valence-corrected chi connectivity index (χ2v) is 4.46. The molecule has 0 bridgehead atoms. The van der Waals surface area contributed by atoms with E-state index in [1.165, 1.54) is 0 Å². The lowest BCUT2D eigenvalue weighted by atomic mass is 9.95. The maximum Gasteiger partial charge on any atom is 0.119 e. The zero-order valence-corrected chi connectivity index (χ0v) is 12.2. The molecular formula is C14H24ClNO2. The first-order valence-electron chi connectivity index (χ1n) is 6.18. The fourth-order valence-corrected chi connectivity index (χ4v) is 1.95. The third-order valence-corrected chi connectivity index (χ3v) is 3.10. The Labute approximate surface area is 116 Å². The number of hydrogen-bond acceptors (Lipinski definition) is 3. The highest BCUT2D eigenvalue weighted by molar-refractivity contribution is 5.85. The van der Waals surface area contributed by atoms with Gasteiger partial charge in [-0.1, -0.05) is 25.8 Å². The van der Waals surface area contributed by atoms with E-state index in [1.54, 1.807) is 7.11 Å². The Bertz CT molecular complexity index is 358. The van der Waals surface area contributed by atoms with Crippen LogP contribution in [0, 0.1) is 6.92 Å². The normalized spacial score (nSPS) is 13.6. The summed E-state index contributed by atoms with van der Waals surface area (Å²) in [6, 6.07) is 5.46. The molecule has 4 heteroatoms. The molecule has 0 radical (unpaired) electrons. The first-order chi connectivity index (χ1) is 8.10. The lowest BCUT2D eigenvalue weighted by molar-refractivity contribution is 0.132. The largest absolute Gasteiger partial charge is 0.497 e. The van der Waals surface area contributed by atoms with E-state index in [0.29, 0.717) is 0 Å². The average Bonchev–Trinajstić information content (AvgIpc) is 2.34. The van der Waals surface area contributed by atoms with E-state index in [9.17, 15) is 5.11 Å². The van der Waals surface area contributed by atoms with E-state index < -0.39 is 6.10 Å². The first-order valence-corrected chi connectivity index (χ1v) is 6.18. The summed E-state index contributed by atoms with van der Waals surface area (Å²) in [5, 5.41) is 10.00. The molecule has 0 unspecified atom stereocenters. The summed E-state index contributed by atoms with van der Waals surface area (Å²) in [5.41, 5.74) is 8.14. The van der Waals surface area contributed by atoms with Gasteiger partial charge in [-0.15, -0.1) is 12.4 Å². The van der Waals surface area contributed by atoms with Crippen molar-refractivity contribution in [2.24, 2.45) is 5.73 Å². The highest BCUT2D eigenvalue weighted by Crippen LogP contribution is 2.24. The van der Waals surface area contributed by atoms with Gasteiger partial charge in [0.1, 0.15) is 5.75 Å². The monoisotopic (exact) mass is 273 g/mol. The number of benzene rings is 1. The van der Waals surface area contributed by atoms with Gasteiger partial charge in [0.05, 0.1) is 19.3 Å². The van der Waals surface area contributed by atoms with E-state index in [2.05, 4.69) is 6.92 Å². The van der Waals surface area contributed by atoms with Crippen LogP contribution in [0.2, 0.25) is 0 Å². The molecule has 18 heavy (non-hydrogen) atoms. The van der Waals surface area contributed by atoms with Gasteiger partial charge in [-0.2, -0.15) is 0 Å². The molecular weight excluding hydrogens is 250 g/mol. The van der Waals surface area contributed by atoms with Gasteiger partial charge >= 0.3 is 0 Å². The first kappa shape index (κ1) is 17.2. The van der Waals surface area contributed by atoms with Crippen LogP contribution in [0.25, 0.3) is 0 Å². The predicted octanol–water partition coefficient (Wildman–Crippen LogP) is 2.98. The predicted molar refractivity (Wildman–Crippen MR) is 77.4 cm³/mol. The molecule has 0 saturated heterocycles. The average molecular weight is 274 g/mol. The second-order valence-electron chi connectivity index (χ2n) is 4.46. The molecule has 1 aromatic carbocycles. The summed E-state index contributed by atoms with van der Waals surface area (Å²) in [6.07, 6.45) is 2.36. The van der Waals surface area contributed by atoms with E-state index >= 15 is 0 Å². The Hall–Kier alpha value is -0.770. The molecule has 3 N–H and O–H groups in total. The maximum atomic E-state index is 10.00. The summed E-state index contributed by atoms with van der Waals surface area (Å²) in [6.45, 7) is 4.10. The highest BCUT2D eigenvalue weighted by atomic mass is 35.5. The highest BCUT2D eigenvalue weighted by Gasteiger charge is 2.18. The fraction of sp³-hybridized carbons (Fsp3) is 0.571. The van der Waals surface area contributed by atoms with Gasteiger partial charge in [0.15, 0.2) is 0 Å². The third kappa shape index (κ3) is 4.48. The minimum absolute atomic E-state index is 0. The summed E-state index contributed by atoms with van der Waals surface area (Å²) >= 11 is 0. The number of ether oxygens (including phenoxy) is 1. The van der Waals surface area contributed by atoms with Gasteiger partial charge in [-0.3, -0.25) is 0 Å². The maximum absolute atomic E-state index is 10.00. The Morgan fingerprint density at radius 3 is 2.56 bits per heavy atom. The van der Waals surface area contributed by atoms with E-state index in [4.69, 9.17) is 10.5 Å². The van der Waals surface area contributed by atoms with Crippen LogP contribution >= 0.6 is 12.4 Å². The Morgan fingerprint density at radius 1 is 1.39 bits per heavy atom. The molecule has 104 valence electrons. The molecule has 3 nitrogen and oxygen atoms in total. The molecule has 0 spiro atoms. The quantitative estimate of drug-likeness (QED) is 0.838. The number of rotatable bonds is 6. The molecule has 0 saturated carbocycles. The van der Waals surface area contributed by atoms with Crippen molar-refractivity contribution in [3.8, 4) is 5.75 Å². The molecule has 0 fully saturated rings. The van der Waals surface area contributed by atoms with Crippen LogP contribution in [0.15, 0.2) is 18.2 Å². The van der Waals surface area contributed by atoms with Crippen molar-refractivity contribution >= 4 is 12.4 Å². The zero-order valence-electron chi connectivity index (χ0n) is 11.3. The lowest BCUT2D eigenvalue weighted by Gasteiger charge is -2.21. The SMILES string of the molecule is CCCC[C@H](O)[C@H](N)c1ccc(OC)cc1C.Cl. The standard InChI is InChI=1S/C14H23NO2.ClH/c1-4-5-6-13(16)14(15)12-8-7-11(17-3)9-10(12)2;/h7-9,13-14,16H,4-6,15H2,1-3H3;1H/t13-,14+;/m0./s1. The van der Waals surface area contributed by atoms with Crippen LogP contribution in [0.5, 0.6) is 5.75 Å². The summed E-state index contributed by atoms with van der Waals surface area (Å²) in [7, 11) is 1.64. The van der Waals surface area contributed by atoms with E-state index in [0.717, 1.165) is 36.1 Å². The van der Waals surface area contributed by atoms with Crippen LogP contribution in [0.3, 0.4) is 0 Å². The number of unbranched alkanes of at least 4 members (excludes halogenated alkanes) is 1. The number of hydrogen-bond donors (Lipinski definition) is 2. The van der Waals surface area contributed by atoms with Crippen molar-refractivity contribution in [2.75, 3.05) is 7.11 Å². The zero-order chi connectivity index (χ0) is 12.8. The minimum Gasteiger partial charge on any atom is -0.497 e. The van der Waals surface area contributed by atoms with Crippen molar-refractivity contribution in [3.63, 3.8) is 0 Å².